The van der Waals surface area contributed by atoms with E-state index < -0.39 is 0 Å². The Balaban J connectivity index is 1.38. The zero-order valence-electron chi connectivity index (χ0n) is 20.7. The van der Waals surface area contributed by atoms with Gasteiger partial charge in [-0.05, 0) is 55.8 Å². The molecule has 6 rings (SSSR count). The molecule has 2 aromatic carbocycles. The highest BCUT2D eigenvalue weighted by atomic mass is 16.7. The maximum atomic E-state index is 13.0. The Labute approximate surface area is 213 Å². The van der Waals surface area contributed by atoms with Gasteiger partial charge in [0.25, 0.3) is 5.91 Å². The number of nitrogens with zero attached hydrogens (tertiary/aromatic N) is 5. The molecule has 0 spiro atoms. The molecule has 0 unspecified atom stereocenters. The van der Waals surface area contributed by atoms with Crippen molar-refractivity contribution < 1.29 is 14.3 Å². The van der Waals surface area contributed by atoms with Crippen LogP contribution in [0, 0.1) is 0 Å². The van der Waals surface area contributed by atoms with E-state index in [2.05, 4.69) is 20.6 Å². The highest BCUT2D eigenvalue weighted by Crippen LogP contribution is 2.48. The molecule has 2 aliphatic rings. The SMILES string of the molecule is CN(C)c1ccc(C(=O)Nc2ccc(-c3nn([C@@H]4CCCNC4)c4ncnc(N)c34)c3c2OCO3)cc1. The summed E-state index contributed by atoms with van der Waals surface area (Å²) < 4.78 is 13.6. The van der Waals surface area contributed by atoms with Crippen molar-refractivity contribution in [3.05, 3.63) is 48.3 Å². The van der Waals surface area contributed by atoms with Gasteiger partial charge in [0.2, 0.25) is 6.79 Å². The number of anilines is 3. The first-order valence-electron chi connectivity index (χ1n) is 12.2. The number of hydrogen-bond donors (Lipinski definition) is 3. The average molecular weight is 501 g/mol. The summed E-state index contributed by atoms with van der Waals surface area (Å²) >= 11 is 0. The van der Waals surface area contributed by atoms with Crippen LogP contribution in [0.15, 0.2) is 42.7 Å². The van der Waals surface area contributed by atoms with Gasteiger partial charge in [0.15, 0.2) is 17.1 Å². The number of carbonyl (C=O) groups excluding carboxylic acids is 1. The number of nitrogen functional groups attached to an aromatic ring is 1. The largest absolute Gasteiger partial charge is 0.453 e. The molecule has 11 heteroatoms. The van der Waals surface area contributed by atoms with Crippen LogP contribution in [0.4, 0.5) is 17.2 Å². The fourth-order valence-corrected chi connectivity index (χ4v) is 4.87. The molecule has 2 aliphatic heterocycles. The fourth-order valence-electron chi connectivity index (χ4n) is 4.87. The van der Waals surface area contributed by atoms with Crippen LogP contribution < -0.4 is 30.7 Å². The summed E-state index contributed by atoms with van der Waals surface area (Å²) in [5, 5.41) is 12.0. The molecule has 2 aromatic heterocycles. The molecule has 0 saturated carbocycles. The first-order chi connectivity index (χ1) is 18.0. The smallest absolute Gasteiger partial charge is 0.255 e. The van der Waals surface area contributed by atoms with Gasteiger partial charge in [0.05, 0.1) is 17.1 Å². The number of aromatic nitrogens is 4. The van der Waals surface area contributed by atoms with E-state index in [1.165, 1.54) is 6.33 Å². The maximum Gasteiger partial charge on any atom is 0.255 e. The second kappa shape index (κ2) is 9.25. The molecule has 1 amide bonds. The number of carbonyl (C=O) groups is 1. The molecule has 0 radical (unpaired) electrons. The van der Waals surface area contributed by atoms with Crippen LogP contribution in [0.25, 0.3) is 22.3 Å². The number of ether oxygens (including phenoxy) is 2. The van der Waals surface area contributed by atoms with Crippen molar-refractivity contribution in [2.75, 3.05) is 49.9 Å². The molecule has 37 heavy (non-hydrogen) atoms. The second-order valence-electron chi connectivity index (χ2n) is 9.37. The minimum atomic E-state index is -0.243. The quantitative estimate of drug-likeness (QED) is 0.378. The third-order valence-corrected chi connectivity index (χ3v) is 6.80. The van der Waals surface area contributed by atoms with Gasteiger partial charge in [-0.1, -0.05) is 0 Å². The van der Waals surface area contributed by atoms with Crippen LogP contribution in [-0.4, -0.2) is 59.6 Å². The Morgan fingerprint density at radius 1 is 1.14 bits per heavy atom. The Bertz CT molecular complexity index is 1480. The molecule has 1 saturated heterocycles. The molecule has 190 valence electrons. The third kappa shape index (κ3) is 4.06. The molecule has 0 aliphatic carbocycles. The van der Waals surface area contributed by atoms with Crippen LogP contribution in [0.5, 0.6) is 11.5 Å². The zero-order valence-corrected chi connectivity index (χ0v) is 20.7. The summed E-state index contributed by atoms with van der Waals surface area (Å²) in [6, 6.07) is 11.2. The number of rotatable bonds is 5. The number of nitrogens with two attached hydrogens (primary N) is 1. The summed E-state index contributed by atoms with van der Waals surface area (Å²) in [5.41, 5.74) is 10.4. The molecule has 11 nitrogen and oxygen atoms in total. The predicted octanol–water partition coefficient (Wildman–Crippen LogP) is 3.05. The molecule has 4 N–H and O–H groups in total. The molecular formula is C26H28N8O3. The number of fused-ring (bicyclic) bond motifs is 2. The van der Waals surface area contributed by atoms with E-state index in [1.807, 2.05) is 41.9 Å². The molecule has 1 fully saturated rings. The summed E-state index contributed by atoms with van der Waals surface area (Å²) in [6.45, 7) is 1.83. The first kappa shape index (κ1) is 23.0. The highest BCUT2D eigenvalue weighted by Gasteiger charge is 2.29. The van der Waals surface area contributed by atoms with Crippen molar-refractivity contribution in [2.24, 2.45) is 0 Å². The number of benzene rings is 2. The molecule has 0 bridgehead atoms. The highest BCUT2D eigenvalue weighted by molar-refractivity contribution is 6.06. The van der Waals surface area contributed by atoms with Crippen molar-refractivity contribution in [1.82, 2.24) is 25.1 Å². The summed E-state index contributed by atoms with van der Waals surface area (Å²) in [6.07, 6.45) is 3.51. The van der Waals surface area contributed by atoms with Gasteiger partial charge < -0.3 is 30.7 Å². The summed E-state index contributed by atoms with van der Waals surface area (Å²) in [4.78, 5) is 23.7. The van der Waals surface area contributed by atoms with E-state index in [4.69, 9.17) is 20.3 Å². The minimum Gasteiger partial charge on any atom is -0.453 e. The van der Waals surface area contributed by atoms with Gasteiger partial charge in [-0.2, -0.15) is 5.10 Å². The summed E-state index contributed by atoms with van der Waals surface area (Å²) in [7, 11) is 3.91. The lowest BCUT2D eigenvalue weighted by molar-refractivity contribution is 0.102. The lowest BCUT2D eigenvalue weighted by atomic mass is 10.1. The normalized spacial score (nSPS) is 16.6. The van der Waals surface area contributed by atoms with Crippen LogP contribution in [-0.2, 0) is 0 Å². The predicted molar refractivity (Wildman–Crippen MR) is 141 cm³/mol. The van der Waals surface area contributed by atoms with Crippen molar-refractivity contribution >= 4 is 34.1 Å². The minimum absolute atomic E-state index is 0.0317. The number of nitrogens with one attached hydrogen (secondary N) is 2. The Morgan fingerprint density at radius 3 is 2.70 bits per heavy atom. The van der Waals surface area contributed by atoms with E-state index in [0.717, 1.165) is 31.6 Å². The molecule has 1 atom stereocenters. The van der Waals surface area contributed by atoms with Crippen molar-refractivity contribution in [2.45, 2.75) is 18.9 Å². The fraction of sp³-hybridized carbons (Fsp3) is 0.308. The van der Waals surface area contributed by atoms with Crippen molar-refractivity contribution in [3.63, 3.8) is 0 Å². The van der Waals surface area contributed by atoms with Gasteiger partial charge in [-0.25, -0.2) is 14.6 Å². The van der Waals surface area contributed by atoms with Crippen LogP contribution in [0.3, 0.4) is 0 Å². The van der Waals surface area contributed by atoms with Crippen LogP contribution in [0.1, 0.15) is 29.2 Å². The lowest BCUT2D eigenvalue weighted by Gasteiger charge is -2.23. The summed E-state index contributed by atoms with van der Waals surface area (Å²) in [5.74, 6) is 1.06. The van der Waals surface area contributed by atoms with Gasteiger partial charge in [-0.15, -0.1) is 0 Å². The first-order valence-corrected chi connectivity index (χ1v) is 12.2. The van der Waals surface area contributed by atoms with Crippen LogP contribution >= 0.6 is 0 Å². The van der Waals surface area contributed by atoms with E-state index in [-0.39, 0.29) is 18.7 Å². The Hall–Kier alpha value is -4.38. The van der Waals surface area contributed by atoms with Gasteiger partial charge >= 0.3 is 0 Å². The van der Waals surface area contributed by atoms with E-state index in [0.29, 0.717) is 50.9 Å². The number of amides is 1. The molecular weight excluding hydrogens is 472 g/mol. The second-order valence-corrected chi connectivity index (χ2v) is 9.37. The standard InChI is InChI=1S/C26H28N8O3/c1-33(2)16-7-5-15(6-8-16)26(35)31-19-10-9-18(22-23(19)37-14-36-22)21-20-24(27)29-13-30-25(20)34(32-21)17-4-3-11-28-12-17/h5-10,13,17,28H,3-4,11-12,14H2,1-2H3,(H,31,35)(H2,27,29,30)/t17-/m1/s1. The molecule has 4 aromatic rings. The average Bonchev–Trinajstić information content (AvgIpc) is 3.56. The van der Waals surface area contributed by atoms with Gasteiger partial charge in [-0.3, -0.25) is 4.79 Å². The number of piperidine rings is 1. The van der Waals surface area contributed by atoms with Gasteiger partial charge in [0, 0.05) is 37.5 Å². The monoisotopic (exact) mass is 500 g/mol. The zero-order chi connectivity index (χ0) is 25.5. The van der Waals surface area contributed by atoms with Crippen molar-refractivity contribution in [3.8, 4) is 22.8 Å². The maximum absolute atomic E-state index is 13.0. The van der Waals surface area contributed by atoms with Crippen LogP contribution in [0.2, 0.25) is 0 Å². The number of hydrogen-bond acceptors (Lipinski definition) is 9. The molecule has 4 heterocycles. The van der Waals surface area contributed by atoms with E-state index in [9.17, 15) is 4.79 Å². The lowest BCUT2D eigenvalue weighted by Crippen LogP contribution is -2.32. The Morgan fingerprint density at radius 2 is 1.95 bits per heavy atom. The topological polar surface area (TPSA) is 132 Å². The van der Waals surface area contributed by atoms with Crippen molar-refractivity contribution in [1.29, 1.82) is 0 Å². The third-order valence-electron chi connectivity index (χ3n) is 6.80. The van der Waals surface area contributed by atoms with Gasteiger partial charge in [0.1, 0.15) is 17.8 Å². The van der Waals surface area contributed by atoms with E-state index >= 15 is 0 Å². The Kier molecular flexibility index (Phi) is 5.76. The van der Waals surface area contributed by atoms with E-state index in [1.54, 1.807) is 18.2 Å².